The molecule has 1 aromatic rings. The highest BCUT2D eigenvalue weighted by molar-refractivity contribution is 5.43. The van der Waals surface area contributed by atoms with Crippen molar-refractivity contribution in [2.45, 2.75) is 18.4 Å². The first-order valence-corrected chi connectivity index (χ1v) is 5.19. The predicted molar refractivity (Wildman–Crippen MR) is 54.7 cm³/mol. The lowest BCUT2D eigenvalue weighted by Crippen LogP contribution is -2.63. The average Bonchev–Trinajstić information content (AvgIpc) is 2.96. The van der Waals surface area contributed by atoms with Crippen molar-refractivity contribution in [3.8, 4) is 0 Å². The van der Waals surface area contributed by atoms with Crippen LogP contribution in [0.4, 0.5) is 5.82 Å². The van der Waals surface area contributed by atoms with Crippen LogP contribution in [0.1, 0.15) is 12.8 Å². The number of H-pyrrole nitrogens is 1. The standard InChI is InChI=1S/C10H13N3O2/c14-9-3-8(11-6-12-9)13-4-10(15,5-13)7-1-2-7/h3,6-7,15H,1-2,4-5H2,(H,11,12,14). The Morgan fingerprint density at radius 3 is 2.87 bits per heavy atom. The van der Waals surface area contributed by atoms with E-state index in [0.29, 0.717) is 24.8 Å². The summed E-state index contributed by atoms with van der Waals surface area (Å²) in [6.45, 7) is 1.21. The molecule has 2 heterocycles. The zero-order valence-electron chi connectivity index (χ0n) is 8.31. The van der Waals surface area contributed by atoms with Crippen molar-refractivity contribution in [2.75, 3.05) is 18.0 Å². The van der Waals surface area contributed by atoms with Crippen molar-refractivity contribution in [2.24, 2.45) is 5.92 Å². The van der Waals surface area contributed by atoms with Gasteiger partial charge in [0.1, 0.15) is 11.4 Å². The van der Waals surface area contributed by atoms with E-state index in [1.807, 2.05) is 4.90 Å². The number of anilines is 1. The molecule has 15 heavy (non-hydrogen) atoms. The number of rotatable bonds is 2. The highest BCUT2D eigenvalue weighted by Crippen LogP contribution is 2.45. The Kier molecular flexibility index (Phi) is 1.68. The Hall–Kier alpha value is -1.36. The zero-order chi connectivity index (χ0) is 10.5. The van der Waals surface area contributed by atoms with Crippen molar-refractivity contribution in [3.63, 3.8) is 0 Å². The number of aromatic amines is 1. The predicted octanol–water partition coefficient (Wildman–Crippen LogP) is -0.269. The Morgan fingerprint density at radius 1 is 1.53 bits per heavy atom. The van der Waals surface area contributed by atoms with Gasteiger partial charge in [0.25, 0.3) is 5.56 Å². The van der Waals surface area contributed by atoms with Gasteiger partial charge in [-0.1, -0.05) is 0 Å². The molecule has 1 saturated heterocycles. The summed E-state index contributed by atoms with van der Waals surface area (Å²) in [4.78, 5) is 19.5. The van der Waals surface area contributed by atoms with Crippen molar-refractivity contribution in [1.29, 1.82) is 0 Å². The van der Waals surface area contributed by atoms with Crippen LogP contribution in [0.15, 0.2) is 17.2 Å². The molecular formula is C10H13N3O2. The zero-order valence-corrected chi connectivity index (χ0v) is 8.31. The number of nitrogens with one attached hydrogen (secondary N) is 1. The van der Waals surface area contributed by atoms with Crippen LogP contribution < -0.4 is 10.5 Å². The van der Waals surface area contributed by atoms with Crippen molar-refractivity contribution in [3.05, 3.63) is 22.7 Å². The number of β-amino-alcohol motifs (C(OH)–C–C–N with tert-alkyl or cyclic N) is 1. The molecule has 2 N–H and O–H groups in total. The van der Waals surface area contributed by atoms with Gasteiger partial charge in [-0.15, -0.1) is 0 Å². The van der Waals surface area contributed by atoms with Gasteiger partial charge in [0.2, 0.25) is 0 Å². The van der Waals surface area contributed by atoms with E-state index in [9.17, 15) is 9.90 Å². The van der Waals surface area contributed by atoms with Crippen LogP contribution in [-0.4, -0.2) is 33.8 Å². The van der Waals surface area contributed by atoms with Gasteiger partial charge < -0.3 is 15.0 Å². The molecule has 0 radical (unpaired) electrons. The van der Waals surface area contributed by atoms with Crippen LogP contribution >= 0.6 is 0 Å². The lowest BCUT2D eigenvalue weighted by molar-refractivity contribution is -0.00976. The topological polar surface area (TPSA) is 69.2 Å². The van der Waals surface area contributed by atoms with Gasteiger partial charge in [0.15, 0.2) is 0 Å². The van der Waals surface area contributed by atoms with Gasteiger partial charge in [-0.3, -0.25) is 4.79 Å². The van der Waals surface area contributed by atoms with Crippen LogP contribution in [-0.2, 0) is 0 Å². The smallest absolute Gasteiger partial charge is 0.252 e. The maximum Gasteiger partial charge on any atom is 0.252 e. The van der Waals surface area contributed by atoms with E-state index >= 15 is 0 Å². The number of hydrogen-bond donors (Lipinski definition) is 2. The van der Waals surface area contributed by atoms with E-state index < -0.39 is 5.60 Å². The van der Waals surface area contributed by atoms with E-state index in [-0.39, 0.29) is 5.56 Å². The maximum atomic E-state index is 11.1. The van der Waals surface area contributed by atoms with E-state index in [0.717, 1.165) is 12.8 Å². The first kappa shape index (κ1) is 8.91. The highest BCUT2D eigenvalue weighted by Gasteiger charge is 2.52. The van der Waals surface area contributed by atoms with Crippen molar-refractivity contribution < 1.29 is 5.11 Å². The Morgan fingerprint density at radius 2 is 2.27 bits per heavy atom. The Bertz CT molecular complexity index is 432. The summed E-state index contributed by atoms with van der Waals surface area (Å²) >= 11 is 0. The summed E-state index contributed by atoms with van der Waals surface area (Å²) in [6, 6.07) is 1.46. The minimum absolute atomic E-state index is 0.151. The fraction of sp³-hybridized carbons (Fsp3) is 0.600. The summed E-state index contributed by atoms with van der Waals surface area (Å²) in [5.74, 6) is 1.12. The monoisotopic (exact) mass is 207 g/mol. The molecule has 2 fully saturated rings. The SMILES string of the molecule is O=c1cc(N2CC(O)(C3CC3)C2)nc[nH]1. The molecule has 3 rings (SSSR count). The lowest BCUT2D eigenvalue weighted by Gasteiger charge is -2.47. The first-order chi connectivity index (χ1) is 7.17. The van der Waals surface area contributed by atoms with Gasteiger partial charge in [-0.2, -0.15) is 0 Å². The minimum Gasteiger partial charge on any atom is -0.386 e. The van der Waals surface area contributed by atoms with Gasteiger partial charge >= 0.3 is 0 Å². The molecule has 0 atom stereocenters. The average molecular weight is 207 g/mol. The first-order valence-electron chi connectivity index (χ1n) is 5.19. The molecule has 0 aromatic carbocycles. The Balaban J connectivity index is 1.74. The lowest BCUT2D eigenvalue weighted by atomic mass is 9.89. The molecule has 1 aromatic heterocycles. The van der Waals surface area contributed by atoms with Gasteiger partial charge in [0.05, 0.1) is 19.4 Å². The molecule has 1 aliphatic heterocycles. The second-order valence-electron chi connectivity index (χ2n) is 4.50. The van der Waals surface area contributed by atoms with Crippen LogP contribution in [0.25, 0.3) is 0 Å². The molecule has 5 nitrogen and oxygen atoms in total. The third-order valence-corrected chi connectivity index (χ3v) is 3.25. The van der Waals surface area contributed by atoms with Crippen LogP contribution in [0.3, 0.4) is 0 Å². The van der Waals surface area contributed by atoms with E-state index in [4.69, 9.17) is 0 Å². The molecule has 0 bridgehead atoms. The van der Waals surface area contributed by atoms with Crippen molar-refractivity contribution in [1.82, 2.24) is 9.97 Å². The number of hydrogen-bond acceptors (Lipinski definition) is 4. The van der Waals surface area contributed by atoms with Gasteiger partial charge in [0, 0.05) is 6.07 Å². The Labute approximate surface area is 86.8 Å². The number of nitrogens with zero attached hydrogens (tertiary/aromatic N) is 2. The molecule has 0 unspecified atom stereocenters. The third kappa shape index (κ3) is 1.43. The fourth-order valence-corrected chi connectivity index (χ4v) is 2.19. The third-order valence-electron chi connectivity index (χ3n) is 3.25. The molecule has 0 amide bonds. The van der Waals surface area contributed by atoms with Crippen LogP contribution in [0.5, 0.6) is 0 Å². The summed E-state index contributed by atoms with van der Waals surface area (Å²) in [5.41, 5.74) is -0.675. The summed E-state index contributed by atoms with van der Waals surface area (Å²) in [6.07, 6.45) is 3.66. The molecule has 0 spiro atoms. The maximum absolute atomic E-state index is 11.1. The van der Waals surface area contributed by atoms with Crippen molar-refractivity contribution >= 4 is 5.82 Å². The second-order valence-corrected chi connectivity index (χ2v) is 4.50. The van der Waals surface area contributed by atoms with E-state index in [2.05, 4.69) is 9.97 Å². The summed E-state index contributed by atoms with van der Waals surface area (Å²) in [5, 5.41) is 10.1. The molecule has 2 aliphatic rings. The fourth-order valence-electron chi connectivity index (χ4n) is 2.19. The van der Waals surface area contributed by atoms with E-state index in [1.54, 1.807) is 0 Å². The van der Waals surface area contributed by atoms with Gasteiger partial charge in [-0.25, -0.2) is 4.98 Å². The summed E-state index contributed by atoms with van der Waals surface area (Å²) < 4.78 is 0. The second kappa shape index (κ2) is 2.82. The normalized spacial score (nSPS) is 23.7. The minimum atomic E-state index is -0.524. The molecule has 1 aliphatic carbocycles. The highest BCUT2D eigenvalue weighted by atomic mass is 16.3. The number of aromatic nitrogens is 2. The van der Waals surface area contributed by atoms with Crippen LogP contribution in [0.2, 0.25) is 0 Å². The molecule has 5 heteroatoms. The molecule has 80 valence electrons. The largest absolute Gasteiger partial charge is 0.386 e. The molecule has 1 saturated carbocycles. The quantitative estimate of drug-likeness (QED) is 0.700. The summed E-state index contributed by atoms with van der Waals surface area (Å²) in [7, 11) is 0. The van der Waals surface area contributed by atoms with Gasteiger partial charge in [-0.05, 0) is 18.8 Å². The van der Waals surface area contributed by atoms with Crippen LogP contribution in [0, 0.1) is 5.92 Å². The van der Waals surface area contributed by atoms with E-state index in [1.165, 1.54) is 12.4 Å². The number of aliphatic hydroxyl groups is 1. The molecular weight excluding hydrogens is 194 g/mol.